The summed E-state index contributed by atoms with van der Waals surface area (Å²) in [4.78, 5) is 28.6. The van der Waals surface area contributed by atoms with Crippen molar-refractivity contribution in [1.29, 1.82) is 0 Å². The molecule has 2 saturated heterocycles. The Labute approximate surface area is 143 Å². The summed E-state index contributed by atoms with van der Waals surface area (Å²) in [5, 5.41) is 0. The molecular formula is C19H26N2O3. The summed E-state index contributed by atoms with van der Waals surface area (Å²) in [7, 11) is 3.49. The van der Waals surface area contributed by atoms with Crippen LogP contribution in [0.15, 0.2) is 24.3 Å². The van der Waals surface area contributed by atoms with Crippen LogP contribution >= 0.6 is 0 Å². The van der Waals surface area contributed by atoms with Gasteiger partial charge in [0.15, 0.2) is 0 Å². The predicted molar refractivity (Wildman–Crippen MR) is 91.8 cm³/mol. The first-order valence-corrected chi connectivity index (χ1v) is 8.76. The highest BCUT2D eigenvalue weighted by Crippen LogP contribution is 2.29. The number of benzene rings is 1. The third-order valence-electron chi connectivity index (χ3n) is 5.32. The summed E-state index contributed by atoms with van der Waals surface area (Å²) in [5.74, 6) is 0.979. The Morgan fingerprint density at radius 1 is 1.25 bits per heavy atom. The molecule has 0 spiro atoms. The zero-order valence-corrected chi connectivity index (χ0v) is 14.5. The van der Waals surface area contributed by atoms with Crippen LogP contribution in [0.1, 0.15) is 31.2 Å². The summed E-state index contributed by atoms with van der Waals surface area (Å²) in [6.45, 7) is 1.49. The van der Waals surface area contributed by atoms with Crippen molar-refractivity contribution in [3.8, 4) is 5.75 Å². The van der Waals surface area contributed by atoms with Gasteiger partial charge < -0.3 is 14.5 Å². The number of amides is 2. The Kier molecular flexibility index (Phi) is 5.07. The Bertz CT molecular complexity index is 616. The minimum Gasteiger partial charge on any atom is -0.496 e. The molecule has 3 rings (SSSR count). The standard InChI is InChI=1S/C19H26N2O3/c1-20-11-9-15(13-18(20)22)19(23)21-10-5-7-16(21)12-14-6-3-4-8-17(14)24-2/h3-4,6,8,15-16H,5,7,9-13H2,1-2H3. The Morgan fingerprint density at radius 3 is 2.79 bits per heavy atom. The molecule has 2 aliphatic heterocycles. The lowest BCUT2D eigenvalue weighted by atomic mass is 9.94. The molecule has 5 nitrogen and oxygen atoms in total. The van der Waals surface area contributed by atoms with E-state index in [1.54, 1.807) is 12.0 Å². The van der Waals surface area contributed by atoms with E-state index in [1.165, 1.54) is 0 Å². The Hall–Kier alpha value is -2.04. The second-order valence-electron chi connectivity index (χ2n) is 6.85. The summed E-state index contributed by atoms with van der Waals surface area (Å²) in [6, 6.07) is 8.22. The van der Waals surface area contributed by atoms with Crippen LogP contribution in [0.3, 0.4) is 0 Å². The van der Waals surface area contributed by atoms with Crippen molar-refractivity contribution >= 4 is 11.8 Å². The van der Waals surface area contributed by atoms with Crippen molar-refractivity contribution < 1.29 is 14.3 Å². The molecule has 2 amide bonds. The molecular weight excluding hydrogens is 304 g/mol. The highest BCUT2D eigenvalue weighted by Gasteiger charge is 2.36. The third-order valence-corrected chi connectivity index (χ3v) is 5.32. The van der Waals surface area contributed by atoms with E-state index in [0.29, 0.717) is 13.0 Å². The number of nitrogens with zero attached hydrogens (tertiary/aromatic N) is 2. The van der Waals surface area contributed by atoms with Crippen molar-refractivity contribution in [3.63, 3.8) is 0 Å². The highest BCUT2D eigenvalue weighted by atomic mass is 16.5. The number of likely N-dealkylation sites (tertiary alicyclic amines) is 2. The van der Waals surface area contributed by atoms with Gasteiger partial charge in [-0.05, 0) is 37.3 Å². The van der Waals surface area contributed by atoms with E-state index < -0.39 is 0 Å². The van der Waals surface area contributed by atoms with Gasteiger partial charge in [-0.2, -0.15) is 0 Å². The van der Waals surface area contributed by atoms with Gasteiger partial charge in [0.25, 0.3) is 0 Å². The van der Waals surface area contributed by atoms with E-state index in [4.69, 9.17) is 4.74 Å². The van der Waals surface area contributed by atoms with Gasteiger partial charge in [0.1, 0.15) is 5.75 Å². The number of carbonyl (C=O) groups is 2. The molecule has 1 aromatic carbocycles. The Morgan fingerprint density at radius 2 is 2.04 bits per heavy atom. The van der Waals surface area contributed by atoms with Crippen LogP contribution < -0.4 is 4.74 Å². The summed E-state index contributed by atoms with van der Waals surface area (Å²) < 4.78 is 5.44. The summed E-state index contributed by atoms with van der Waals surface area (Å²) >= 11 is 0. The van der Waals surface area contributed by atoms with Crippen molar-refractivity contribution in [1.82, 2.24) is 9.80 Å². The fourth-order valence-electron chi connectivity index (χ4n) is 3.85. The first kappa shape index (κ1) is 16.8. The minimum absolute atomic E-state index is 0.0834. The van der Waals surface area contributed by atoms with Crippen LogP contribution in [0.4, 0.5) is 0 Å². The van der Waals surface area contributed by atoms with E-state index >= 15 is 0 Å². The zero-order chi connectivity index (χ0) is 17.1. The number of hydrogen-bond acceptors (Lipinski definition) is 3. The molecule has 24 heavy (non-hydrogen) atoms. The topological polar surface area (TPSA) is 49.9 Å². The van der Waals surface area contributed by atoms with Gasteiger partial charge in [-0.25, -0.2) is 0 Å². The van der Waals surface area contributed by atoms with Gasteiger partial charge in [0.2, 0.25) is 11.8 Å². The van der Waals surface area contributed by atoms with Crippen molar-refractivity contribution in [2.24, 2.45) is 5.92 Å². The van der Waals surface area contributed by atoms with Gasteiger partial charge in [-0.1, -0.05) is 18.2 Å². The van der Waals surface area contributed by atoms with Gasteiger partial charge in [-0.15, -0.1) is 0 Å². The quantitative estimate of drug-likeness (QED) is 0.849. The number of piperidine rings is 1. The van der Waals surface area contributed by atoms with Crippen LogP contribution in [0.5, 0.6) is 5.75 Å². The van der Waals surface area contributed by atoms with E-state index in [1.807, 2.05) is 30.1 Å². The smallest absolute Gasteiger partial charge is 0.226 e. The Balaban J connectivity index is 1.69. The molecule has 0 N–H and O–H groups in total. The van der Waals surface area contributed by atoms with E-state index in [0.717, 1.165) is 43.5 Å². The largest absolute Gasteiger partial charge is 0.496 e. The molecule has 1 aromatic rings. The van der Waals surface area contributed by atoms with E-state index in [-0.39, 0.29) is 23.8 Å². The molecule has 2 unspecified atom stereocenters. The van der Waals surface area contributed by atoms with Gasteiger partial charge >= 0.3 is 0 Å². The van der Waals surface area contributed by atoms with Crippen LogP contribution in [-0.4, -0.2) is 54.9 Å². The minimum atomic E-state index is -0.146. The van der Waals surface area contributed by atoms with Crippen molar-refractivity contribution in [2.75, 3.05) is 27.2 Å². The molecule has 0 aliphatic carbocycles. The van der Waals surface area contributed by atoms with E-state index in [9.17, 15) is 9.59 Å². The molecule has 0 saturated carbocycles. The van der Waals surface area contributed by atoms with Gasteiger partial charge in [0, 0.05) is 38.5 Å². The van der Waals surface area contributed by atoms with Crippen molar-refractivity contribution in [2.45, 2.75) is 38.1 Å². The number of methoxy groups -OCH3 is 1. The number of hydrogen-bond donors (Lipinski definition) is 0. The normalized spacial score (nSPS) is 24.3. The summed E-state index contributed by atoms with van der Waals surface area (Å²) in [5.41, 5.74) is 1.14. The number of para-hydroxylation sites is 1. The highest BCUT2D eigenvalue weighted by molar-refractivity contribution is 5.87. The average Bonchev–Trinajstić information content (AvgIpc) is 3.05. The molecule has 130 valence electrons. The molecule has 2 fully saturated rings. The fourth-order valence-corrected chi connectivity index (χ4v) is 3.85. The first-order valence-electron chi connectivity index (χ1n) is 8.76. The second kappa shape index (κ2) is 7.24. The van der Waals surface area contributed by atoms with Crippen LogP contribution in [0, 0.1) is 5.92 Å². The van der Waals surface area contributed by atoms with Crippen LogP contribution in [0.25, 0.3) is 0 Å². The molecule has 0 bridgehead atoms. The lowest BCUT2D eigenvalue weighted by Gasteiger charge is -2.33. The monoisotopic (exact) mass is 330 g/mol. The van der Waals surface area contributed by atoms with Gasteiger partial charge in [0.05, 0.1) is 7.11 Å². The zero-order valence-electron chi connectivity index (χ0n) is 14.5. The molecule has 2 heterocycles. The SMILES string of the molecule is COc1ccccc1CC1CCCN1C(=O)C1CCN(C)C(=O)C1. The number of rotatable bonds is 4. The fraction of sp³-hybridized carbons (Fsp3) is 0.579. The average molecular weight is 330 g/mol. The maximum Gasteiger partial charge on any atom is 0.226 e. The molecule has 0 aromatic heterocycles. The molecule has 2 atom stereocenters. The first-order chi connectivity index (χ1) is 11.6. The molecule has 5 heteroatoms. The second-order valence-corrected chi connectivity index (χ2v) is 6.85. The maximum atomic E-state index is 12.9. The molecule has 2 aliphatic rings. The number of ether oxygens (including phenoxy) is 1. The lowest BCUT2D eigenvalue weighted by molar-refractivity contribution is -0.144. The predicted octanol–water partition coefficient (Wildman–Crippen LogP) is 2.10. The molecule has 0 radical (unpaired) electrons. The van der Waals surface area contributed by atoms with E-state index in [2.05, 4.69) is 6.07 Å². The van der Waals surface area contributed by atoms with Crippen molar-refractivity contribution in [3.05, 3.63) is 29.8 Å². The number of carbonyl (C=O) groups excluding carboxylic acids is 2. The van der Waals surface area contributed by atoms with Crippen LogP contribution in [-0.2, 0) is 16.0 Å². The summed E-state index contributed by atoms with van der Waals surface area (Å²) in [6.07, 6.45) is 4.00. The lowest BCUT2D eigenvalue weighted by Crippen LogP contribution is -2.45. The van der Waals surface area contributed by atoms with Crippen LogP contribution in [0.2, 0.25) is 0 Å². The maximum absolute atomic E-state index is 12.9. The third kappa shape index (κ3) is 3.40. The van der Waals surface area contributed by atoms with Gasteiger partial charge in [-0.3, -0.25) is 9.59 Å².